The van der Waals surface area contributed by atoms with E-state index in [1.807, 2.05) is 68.6 Å². The van der Waals surface area contributed by atoms with Crippen molar-refractivity contribution in [2.24, 2.45) is 0 Å². The minimum absolute atomic E-state index is 0.129. The molecule has 5 rings (SSSR count). The number of pyridine rings is 1. The maximum absolute atomic E-state index is 13.5. The summed E-state index contributed by atoms with van der Waals surface area (Å²) in [6.07, 6.45) is 7.16. The highest BCUT2D eigenvalue weighted by atomic mass is 16.2. The summed E-state index contributed by atoms with van der Waals surface area (Å²) in [5.41, 5.74) is 4.09. The Balaban J connectivity index is 1.34. The Kier molecular flexibility index (Phi) is 7.04. The molecule has 0 aliphatic carbocycles. The summed E-state index contributed by atoms with van der Waals surface area (Å²) in [4.78, 5) is 32.5. The molecule has 11 heteroatoms. The highest BCUT2D eigenvalue weighted by Gasteiger charge is 2.28. The summed E-state index contributed by atoms with van der Waals surface area (Å²) in [6, 6.07) is 11.8. The van der Waals surface area contributed by atoms with Gasteiger partial charge in [0.05, 0.1) is 17.6 Å². The van der Waals surface area contributed by atoms with Crippen LogP contribution >= 0.6 is 0 Å². The minimum Gasteiger partial charge on any atom is -0.357 e. The molecule has 4 heterocycles. The predicted molar refractivity (Wildman–Crippen MR) is 142 cm³/mol. The topological polar surface area (TPSA) is 108 Å². The van der Waals surface area contributed by atoms with E-state index in [0.717, 1.165) is 29.2 Å². The second-order valence-corrected chi connectivity index (χ2v) is 9.05. The molecule has 3 aromatic heterocycles. The van der Waals surface area contributed by atoms with Crippen molar-refractivity contribution in [3.63, 3.8) is 0 Å². The van der Waals surface area contributed by atoms with Crippen LogP contribution in [0.4, 0.5) is 17.5 Å². The molecule has 0 bridgehead atoms. The zero-order chi connectivity index (χ0) is 25.8. The van der Waals surface area contributed by atoms with Crippen molar-refractivity contribution in [3.8, 4) is 5.69 Å². The van der Waals surface area contributed by atoms with Crippen LogP contribution in [-0.4, -0.2) is 74.5 Å². The fourth-order valence-electron chi connectivity index (χ4n) is 4.34. The Bertz CT molecular complexity index is 1370. The van der Waals surface area contributed by atoms with Gasteiger partial charge in [-0.15, -0.1) is 5.10 Å². The van der Waals surface area contributed by atoms with Gasteiger partial charge in [-0.3, -0.25) is 14.7 Å². The largest absolute Gasteiger partial charge is 0.357 e. The molecule has 1 amide bonds. The zero-order valence-electron chi connectivity index (χ0n) is 21.2. The van der Waals surface area contributed by atoms with Crippen molar-refractivity contribution in [1.29, 1.82) is 0 Å². The molecule has 0 atom stereocenters. The third kappa shape index (κ3) is 5.41. The number of benzene rings is 1. The number of likely N-dealkylation sites (N-methyl/N-ethyl adjacent to an activating group) is 1. The van der Waals surface area contributed by atoms with E-state index in [0.29, 0.717) is 43.5 Å². The van der Waals surface area contributed by atoms with Gasteiger partial charge in [0.2, 0.25) is 5.95 Å². The van der Waals surface area contributed by atoms with E-state index in [2.05, 4.69) is 41.5 Å². The molecule has 1 N–H and O–H groups in total. The molecule has 0 unspecified atom stereocenters. The third-order valence-electron chi connectivity index (χ3n) is 6.15. The summed E-state index contributed by atoms with van der Waals surface area (Å²) >= 11 is 0. The van der Waals surface area contributed by atoms with Gasteiger partial charge >= 0.3 is 0 Å². The number of rotatable bonds is 8. The van der Waals surface area contributed by atoms with Crippen LogP contribution in [0.25, 0.3) is 5.69 Å². The summed E-state index contributed by atoms with van der Waals surface area (Å²) in [5, 5.41) is 11.8. The Hall–Kier alpha value is -4.38. The normalized spacial score (nSPS) is 13.6. The van der Waals surface area contributed by atoms with E-state index >= 15 is 0 Å². The maximum atomic E-state index is 13.5. The van der Waals surface area contributed by atoms with Crippen LogP contribution in [-0.2, 0) is 13.1 Å². The first-order valence-corrected chi connectivity index (χ1v) is 12.2. The number of amides is 1. The molecular weight excluding hydrogens is 468 g/mol. The van der Waals surface area contributed by atoms with Gasteiger partial charge in [0.1, 0.15) is 11.4 Å². The van der Waals surface area contributed by atoms with Gasteiger partial charge in [0, 0.05) is 64.0 Å². The van der Waals surface area contributed by atoms with Crippen molar-refractivity contribution in [1.82, 2.24) is 34.8 Å². The molecule has 11 nitrogen and oxygen atoms in total. The Morgan fingerprint density at radius 3 is 2.76 bits per heavy atom. The van der Waals surface area contributed by atoms with Crippen LogP contribution in [0.15, 0.2) is 61.2 Å². The molecule has 0 saturated heterocycles. The number of hydrogen-bond donors (Lipinski definition) is 1. The predicted octanol–water partition coefficient (Wildman–Crippen LogP) is 2.61. The molecular formula is C26H30N10O. The first-order valence-electron chi connectivity index (χ1n) is 12.2. The van der Waals surface area contributed by atoms with Crippen molar-refractivity contribution in [3.05, 3.63) is 78.0 Å². The number of hydrogen-bond acceptors (Lipinski definition) is 9. The Morgan fingerprint density at radius 1 is 1.08 bits per heavy atom. The molecule has 4 aromatic rings. The number of anilines is 3. The number of carbonyl (C=O) groups excluding carboxylic acids is 1. The van der Waals surface area contributed by atoms with Crippen LogP contribution in [0.1, 0.15) is 28.5 Å². The van der Waals surface area contributed by atoms with Crippen molar-refractivity contribution >= 4 is 23.4 Å². The molecule has 1 aliphatic rings. The molecule has 0 spiro atoms. The Labute approximate surface area is 215 Å². The lowest BCUT2D eigenvalue weighted by molar-refractivity contribution is 0.0989. The van der Waals surface area contributed by atoms with Crippen molar-refractivity contribution < 1.29 is 4.79 Å². The molecule has 1 aliphatic heterocycles. The van der Waals surface area contributed by atoms with Gasteiger partial charge in [-0.05, 0) is 43.8 Å². The fourth-order valence-corrected chi connectivity index (χ4v) is 4.34. The van der Waals surface area contributed by atoms with E-state index in [1.54, 1.807) is 22.0 Å². The van der Waals surface area contributed by atoms with E-state index < -0.39 is 0 Å². The maximum Gasteiger partial charge on any atom is 0.263 e. The molecule has 0 fully saturated rings. The lowest BCUT2D eigenvalue weighted by atomic mass is 10.2. The summed E-state index contributed by atoms with van der Waals surface area (Å²) < 4.78 is 1.74. The van der Waals surface area contributed by atoms with Gasteiger partial charge in [0.25, 0.3) is 5.91 Å². The third-order valence-corrected chi connectivity index (χ3v) is 6.15. The average molecular weight is 499 g/mol. The van der Waals surface area contributed by atoms with E-state index in [-0.39, 0.29) is 5.91 Å². The average Bonchev–Trinajstić information content (AvgIpc) is 3.33. The van der Waals surface area contributed by atoms with Crippen LogP contribution < -0.4 is 15.1 Å². The standard InChI is InChI=1S/C26H30N10O/c1-4-28-26-29-15-23-24(30-26)34(3)11-12-35(25(23)37)21-8-5-9-22(13-21)36-18-20(31-32-36)17-33(2)16-19-7-6-10-27-14-19/h5-10,13-15,18H,4,11-12,16-17H2,1-3H3,(H,28,29,30). The zero-order valence-corrected chi connectivity index (χ0v) is 21.2. The minimum atomic E-state index is -0.129. The Morgan fingerprint density at radius 2 is 1.95 bits per heavy atom. The SMILES string of the molecule is CCNc1ncc2c(n1)N(C)CCN(c1cccc(-n3cc(CN(C)Cc4cccnc4)nn3)c1)C2=O. The van der Waals surface area contributed by atoms with Crippen LogP contribution in [0.3, 0.4) is 0 Å². The molecule has 1 aromatic carbocycles. The van der Waals surface area contributed by atoms with E-state index in [1.165, 1.54) is 0 Å². The number of fused-ring (bicyclic) bond motifs is 1. The second-order valence-electron chi connectivity index (χ2n) is 9.05. The lowest BCUT2D eigenvalue weighted by Gasteiger charge is -2.21. The fraction of sp³-hybridized carbons (Fsp3) is 0.308. The first-order chi connectivity index (χ1) is 18.0. The first kappa shape index (κ1) is 24.3. The summed E-state index contributed by atoms with van der Waals surface area (Å²) in [6.45, 7) is 5.27. The molecule has 37 heavy (non-hydrogen) atoms. The number of nitrogens with zero attached hydrogens (tertiary/aromatic N) is 9. The summed E-state index contributed by atoms with van der Waals surface area (Å²) in [7, 11) is 3.98. The monoisotopic (exact) mass is 498 g/mol. The molecule has 0 saturated carbocycles. The van der Waals surface area contributed by atoms with Crippen molar-refractivity contribution in [2.75, 3.05) is 48.8 Å². The van der Waals surface area contributed by atoms with Crippen molar-refractivity contribution in [2.45, 2.75) is 20.0 Å². The van der Waals surface area contributed by atoms with E-state index in [9.17, 15) is 4.79 Å². The van der Waals surface area contributed by atoms with Crippen LogP contribution in [0.2, 0.25) is 0 Å². The molecule has 0 radical (unpaired) electrons. The van der Waals surface area contributed by atoms with Gasteiger partial charge in [-0.1, -0.05) is 17.3 Å². The second kappa shape index (κ2) is 10.7. The highest BCUT2D eigenvalue weighted by molar-refractivity contribution is 6.09. The van der Waals surface area contributed by atoms with Crippen LogP contribution in [0, 0.1) is 0 Å². The number of nitrogens with one attached hydrogen (secondary N) is 1. The van der Waals surface area contributed by atoms with Gasteiger partial charge < -0.3 is 15.1 Å². The van der Waals surface area contributed by atoms with Gasteiger partial charge in [-0.25, -0.2) is 9.67 Å². The van der Waals surface area contributed by atoms with Gasteiger partial charge in [0.15, 0.2) is 0 Å². The number of aromatic nitrogens is 6. The highest BCUT2D eigenvalue weighted by Crippen LogP contribution is 2.27. The van der Waals surface area contributed by atoms with Crippen LogP contribution in [0.5, 0.6) is 0 Å². The van der Waals surface area contributed by atoms with E-state index in [4.69, 9.17) is 0 Å². The smallest absolute Gasteiger partial charge is 0.263 e. The lowest BCUT2D eigenvalue weighted by Crippen LogP contribution is -2.33. The van der Waals surface area contributed by atoms with Gasteiger partial charge in [-0.2, -0.15) is 4.98 Å². The quantitative estimate of drug-likeness (QED) is 0.392. The number of carbonyl (C=O) groups is 1. The summed E-state index contributed by atoms with van der Waals surface area (Å²) in [5.74, 6) is 1.02. The molecule has 190 valence electrons.